The van der Waals surface area contributed by atoms with E-state index in [0.29, 0.717) is 15.7 Å². The van der Waals surface area contributed by atoms with Crippen molar-refractivity contribution in [2.75, 3.05) is 10.6 Å². The zero-order valence-corrected chi connectivity index (χ0v) is 18.6. The van der Waals surface area contributed by atoms with Crippen LogP contribution in [0.1, 0.15) is 22.8 Å². The zero-order valence-electron chi connectivity index (χ0n) is 17.0. The molecular formula is C23H17Cl2F3N2O3. The van der Waals surface area contributed by atoms with Gasteiger partial charge >= 0.3 is 6.18 Å². The van der Waals surface area contributed by atoms with Crippen molar-refractivity contribution < 1.29 is 27.5 Å². The van der Waals surface area contributed by atoms with E-state index in [0.717, 1.165) is 12.1 Å². The van der Waals surface area contributed by atoms with Gasteiger partial charge in [-0.1, -0.05) is 35.3 Å². The van der Waals surface area contributed by atoms with Crippen LogP contribution in [0, 0.1) is 0 Å². The minimum absolute atomic E-state index is 0.249. The second kappa shape index (κ2) is 10.1. The van der Waals surface area contributed by atoms with Gasteiger partial charge in [-0.3, -0.25) is 9.59 Å². The molecule has 0 radical (unpaired) electrons. The molecule has 172 valence electrons. The van der Waals surface area contributed by atoms with Crippen LogP contribution < -0.4 is 15.4 Å². The van der Waals surface area contributed by atoms with E-state index in [2.05, 4.69) is 10.6 Å². The van der Waals surface area contributed by atoms with Crippen molar-refractivity contribution in [1.82, 2.24) is 0 Å². The lowest BCUT2D eigenvalue weighted by molar-refractivity contribution is -0.137. The largest absolute Gasteiger partial charge is 0.481 e. The maximum atomic E-state index is 13.1. The molecule has 33 heavy (non-hydrogen) atoms. The molecule has 5 nitrogen and oxygen atoms in total. The number of benzene rings is 3. The van der Waals surface area contributed by atoms with Gasteiger partial charge in [0.15, 0.2) is 6.10 Å². The molecule has 0 heterocycles. The van der Waals surface area contributed by atoms with Crippen molar-refractivity contribution >= 4 is 46.4 Å². The summed E-state index contributed by atoms with van der Waals surface area (Å²) >= 11 is 11.9. The highest BCUT2D eigenvalue weighted by atomic mass is 35.5. The first-order chi connectivity index (χ1) is 15.5. The van der Waals surface area contributed by atoms with Gasteiger partial charge in [0, 0.05) is 10.6 Å². The molecule has 0 aromatic heterocycles. The summed E-state index contributed by atoms with van der Waals surface area (Å²) in [4.78, 5) is 24.8. The Balaban J connectivity index is 1.63. The molecule has 0 fully saturated rings. The molecule has 0 spiro atoms. The van der Waals surface area contributed by atoms with Gasteiger partial charge in [-0.05, 0) is 61.5 Å². The molecule has 2 N–H and O–H groups in total. The van der Waals surface area contributed by atoms with Crippen molar-refractivity contribution in [1.29, 1.82) is 0 Å². The number of hydrogen-bond donors (Lipinski definition) is 2. The highest BCUT2D eigenvalue weighted by Crippen LogP contribution is 2.34. The Hall–Kier alpha value is -3.23. The normalized spacial score (nSPS) is 12.1. The Labute approximate surface area is 197 Å². The summed E-state index contributed by atoms with van der Waals surface area (Å²) in [5, 5.41) is 5.60. The molecule has 0 aliphatic heterocycles. The predicted octanol–water partition coefficient (Wildman–Crippen LogP) is 6.67. The highest BCUT2D eigenvalue weighted by Gasteiger charge is 2.34. The number of anilines is 2. The fourth-order valence-electron chi connectivity index (χ4n) is 2.80. The van der Waals surface area contributed by atoms with Gasteiger partial charge < -0.3 is 15.4 Å². The molecule has 0 saturated carbocycles. The molecule has 0 bridgehead atoms. The first-order valence-electron chi connectivity index (χ1n) is 9.55. The Morgan fingerprint density at radius 2 is 1.58 bits per heavy atom. The Morgan fingerprint density at radius 1 is 0.909 bits per heavy atom. The fraction of sp³-hybridized carbons (Fsp3) is 0.130. The minimum Gasteiger partial charge on any atom is -0.481 e. The molecule has 0 aliphatic rings. The first kappa shape index (κ1) is 24.4. The molecule has 2 amide bonds. The summed E-state index contributed by atoms with van der Waals surface area (Å²) in [7, 11) is 0. The number of carbonyl (C=O) groups excluding carboxylic acids is 2. The van der Waals surface area contributed by atoms with Gasteiger partial charge in [0.1, 0.15) is 5.75 Å². The van der Waals surface area contributed by atoms with Crippen molar-refractivity contribution in [3.63, 3.8) is 0 Å². The van der Waals surface area contributed by atoms with Crippen LogP contribution in [0.25, 0.3) is 0 Å². The molecule has 1 atom stereocenters. The first-order valence-corrected chi connectivity index (χ1v) is 10.3. The van der Waals surface area contributed by atoms with Gasteiger partial charge in [0.25, 0.3) is 11.8 Å². The van der Waals surface area contributed by atoms with E-state index in [1.807, 2.05) is 0 Å². The lowest BCUT2D eigenvalue weighted by Crippen LogP contribution is -2.31. The standard InChI is InChI=1S/C23H17Cl2F3N2O3/c1-13(21(31)29-19-5-3-2-4-17(19)23(26,27)28)33-16-9-6-14(7-10-16)22(32)30-20-12-15(24)8-11-18(20)25/h2-13H,1H3,(H,29,31)(H,30,32)/t13-/m1/s1. The number of ether oxygens (including phenoxy) is 1. The van der Waals surface area contributed by atoms with Crippen LogP contribution in [0.3, 0.4) is 0 Å². The zero-order chi connectivity index (χ0) is 24.2. The Bertz CT molecular complexity index is 1170. The number of halogens is 5. The summed E-state index contributed by atoms with van der Waals surface area (Å²) < 4.78 is 44.8. The molecule has 0 aliphatic carbocycles. The van der Waals surface area contributed by atoms with Crippen molar-refractivity contribution in [2.45, 2.75) is 19.2 Å². The third kappa shape index (κ3) is 6.40. The summed E-state index contributed by atoms with van der Waals surface area (Å²) in [6.07, 6.45) is -5.71. The van der Waals surface area contributed by atoms with Crippen LogP contribution in [0.2, 0.25) is 10.0 Å². The summed E-state index contributed by atoms with van der Waals surface area (Å²) in [6, 6.07) is 15.2. The van der Waals surface area contributed by atoms with Crippen LogP contribution in [0.5, 0.6) is 5.75 Å². The Morgan fingerprint density at radius 3 is 2.24 bits per heavy atom. The van der Waals surface area contributed by atoms with E-state index >= 15 is 0 Å². The van der Waals surface area contributed by atoms with E-state index in [-0.39, 0.29) is 17.0 Å². The molecular weight excluding hydrogens is 480 g/mol. The maximum Gasteiger partial charge on any atom is 0.418 e. The van der Waals surface area contributed by atoms with Crippen LogP contribution in [0.15, 0.2) is 66.7 Å². The maximum absolute atomic E-state index is 13.1. The van der Waals surface area contributed by atoms with Gasteiger partial charge in [-0.15, -0.1) is 0 Å². The fourth-order valence-corrected chi connectivity index (χ4v) is 3.14. The number of alkyl halides is 3. The third-order valence-corrected chi connectivity index (χ3v) is 5.03. The number of nitrogens with one attached hydrogen (secondary N) is 2. The van der Waals surface area contributed by atoms with Gasteiger partial charge in [0.05, 0.1) is 22.0 Å². The molecule has 0 saturated heterocycles. The molecule has 0 unspecified atom stereocenters. The molecule has 10 heteroatoms. The smallest absolute Gasteiger partial charge is 0.418 e. The van der Waals surface area contributed by atoms with E-state index in [4.69, 9.17) is 27.9 Å². The van der Waals surface area contributed by atoms with E-state index in [1.54, 1.807) is 12.1 Å². The molecule has 3 aromatic rings. The van der Waals surface area contributed by atoms with Crippen LogP contribution in [-0.2, 0) is 11.0 Å². The summed E-state index contributed by atoms with van der Waals surface area (Å²) in [6.45, 7) is 1.40. The second-order valence-electron chi connectivity index (χ2n) is 6.90. The topological polar surface area (TPSA) is 67.4 Å². The van der Waals surface area contributed by atoms with Crippen LogP contribution in [0.4, 0.5) is 24.5 Å². The number of para-hydroxylation sites is 1. The van der Waals surface area contributed by atoms with Crippen LogP contribution in [-0.4, -0.2) is 17.9 Å². The lowest BCUT2D eigenvalue weighted by Gasteiger charge is -2.17. The van der Waals surface area contributed by atoms with Gasteiger partial charge in [-0.2, -0.15) is 13.2 Å². The minimum atomic E-state index is -4.61. The predicted molar refractivity (Wildman–Crippen MR) is 121 cm³/mol. The quantitative estimate of drug-likeness (QED) is 0.400. The number of carbonyl (C=O) groups is 2. The SMILES string of the molecule is C[C@@H](Oc1ccc(C(=O)Nc2cc(Cl)ccc2Cl)cc1)C(=O)Nc1ccccc1C(F)(F)F. The van der Waals surface area contributed by atoms with Crippen LogP contribution >= 0.6 is 23.2 Å². The summed E-state index contributed by atoms with van der Waals surface area (Å²) in [5.74, 6) is -0.955. The average molecular weight is 497 g/mol. The van der Waals surface area contributed by atoms with Gasteiger partial charge in [0.2, 0.25) is 0 Å². The highest BCUT2D eigenvalue weighted by molar-refractivity contribution is 6.35. The van der Waals surface area contributed by atoms with Crippen molar-refractivity contribution in [3.8, 4) is 5.75 Å². The van der Waals surface area contributed by atoms with E-state index in [9.17, 15) is 22.8 Å². The van der Waals surface area contributed by atoms with Gasteiger partial charge in [-0.25, -0.2) is 0 Å². The van der Waals surface area contributed by atoms with E-state index < -0.39 is 29.7 Å². The number of amides is 2. The van der Waals surface area contributed by atoms with Crippen molar-refractivity contribution in [3.05, 3.63) is 87.9 Å². The van der Waals surface area contributed by atoms with E-state index in [1.165, 1.54) is 49.4 Å². The number of rotatable bonds is 6. The summed E-state index contributed by atoms with van der Waals surface area (Å²) in [5.41, 5.74) is -0.689. The monoisotopic (exact) mass is 496 g/mol. The van der Waals surface area contributed by atoms with Crippen molar-refractivity contribution in [2.24, 2.45) is 0 Å². The Kier molecular flexibility index (Phi) is 7.50. The second-order valence-corrected chi connectivity index (χ2v) is 7.74. The lowest BCUT2D eigenvalue weighted by atomic mass is 10.1. The molecule has 3 rings (SSSR count). The molecule has 3 aromatic carbocycles. The average Bonchev–Trinajstić information content (AvgIpc) is 2.76. The number of hydrogen-bond acceptors (Lipinski definition) is 3. The third-order valence-electron chi connectivity index (χ3n) is 4.47.